The van der Waals surface area contributed by atoms with Crippen molar-refractivity contribution < 1.29 is 13.6 Å². The van der Waals surface area contributed by atoms with E-state index in [0.29, 0.717) is 11.4 Å². The molecule has 2 heterocycles. The van der Waals surface area contributed by atoms with Crippen LogP contribution in [0.15, 0.2) is 18.2 Å². The number of fused-ring (bicyclic) bond motifs is 1. The van der Waals surface area contributed by atoms with E-state index in [1.165, 1.54) is 6.07 Å². The average molecular weight is 369 g/mol. The highest BCUT2D eigenvalue weighted by Crippen LogP contribution is 2.28. The van der Waals surface area contributed by atoms with Crippen LogP contribution in [-0.4, -0.2) is 34.8 Å². The zero-order valence-electron chi connectivity index (χ0n) is 13.5. The zero-order valence-corrected chi connectivity index (χ0v) is 14.3. The number of carbonyl (C=O) groups is 1. The molecule has 2 aliphatic rings. The Balaban J connectivity index is 0.00000182. The van der Waals surface area contributed by atoms with E-state index in [2.05, 4.69) is 15.7 Å². The second-order valence-electron chi connectivity index (χ2n) is 6.30. The lowest BCUT2D eigenvalue weighted by Gasteiger charge is -2.10. The maximum Gasteiger partial charge on any atom is 0.272 e. The minimum atomic E-state index is -0.919. The molecule has 2 N–H and O–H groups in total. The number of carbonyl (C=O) groups excluding carboxylic acids is 1. The normalized spacial score (nSPS) is 18.7. The summed E-state index contributed by atoms with van der Waals surface area (Å²) in [6.07, 6.45) is 3.39. The maximum atomic E-state index is 13.6. The molecule has 0 radical (unpaired) electrons. The lowest BCUT2D eigenvalue weighted by molar-refractivity contribution is 0.0933. The smallest absolute Gasteiger partial charge is 0.272 e. The first-order valence-electron chi connectivity index (χ1n) is 8.21. The monoisotopic (exact) mass is 368 g/mol. The molecule has 134 valence electrons. The maximum absolute atomic E-state index is 13.6. The molecule has 2 aromatic rings. The molecule has 0 spiro atoms. The van der Waals surface area contributed by atoms with Crippen LogP contribution in [-0.2, 0) is 12.8 Å². The van der Waals surface area contributed by atoms with Crippen molar-refractivity contribution in [1.29, 1.82) is 0 Å². The molecule has 5 nitrogen and oxygen atoms in total. The highest BCUT2D eigenvalue weighted by molar-refractivity contribution is 5.94. The Kier molecular flexibility index (Phi) is 5.06. The number of rotatable bonds is 3. The summed E-state index contributed by atoms with van der Waals surface area (Å²) < 4.78 is 28.3. The Morgan fingerprint density at radius 2 is 2.12 bits per heavy atom. The molecule has 1 aromatic carbocycles. The van der Waals surface area contributed by atoms with Crippen molar-refractivity contribution in [1.82, 2.24) is 20.4 Å². The van der Waals surface area contributed by atoms with E-state index >= 15 is 0 Å². The summed E-state index contributed by atoms with van der Waals surface area (Å²) in [6.45, 7) is 1.66. The van der Waals surface area contributed by atoms with Crippen LogP contribution in [0.5, 0.6) is 0 Å². The Labute approximate surface area is 150 Å². The number of hydrogen-bond acceptors (Lipinski definition) is 3. The Morgan fingerprint density at radius 1 is 1.28 bits per heavy atom. The second kappa shape index (κ2) is 7.09. The van der Waals surface area contributed by atoms with Gasteiger partial charge in [0.2, 0.25) is 0 Å². The van der Waals surface area contributed by atoms with Crippen LogP contribution in [0.25, 0.3) is 5.69 Å². The third-order valence-corrected chi connectivity index (χ3v) is 4.69. The van der Waals surface area contributed by atoms with Crippen molar-refractivity contribution in [2.24, 2.45) is 0 Å². The molecule has 1 amide bonds. The van der Waals surface area contributed by atoms with Crippen molar-refractivity contribution in [3.8, 4) is 5.69 Å². The summed E-state index contributed by atoms with van der Waals surface area (Å²) in [5.74, 6) is -2.00. The molecule has 0 saturated carbocycles. The molecule has 1 aromatic heterocycles. The molecular weight excluding hydrogens is 350 g/mol. The second-order valence-corrected chi connectivity index (χ2v) is 6.30. The predicted octanol–water partition coefficient (Wildman–Crippen LogP) is 2.15. The number of hydrogen-bond donors (Lipinski definition) is 2. The van der Waals surface area contributed by atoms with Gasteiger partial charge < -0.3 is 10.6 Å². The van der Waals surface area contributed by atoms with E-state index in [1.807, 2.05) is 0 Å². The fourth-order valence-corrected chi connectivity index (χ4v) is 3.48. The quantitative estimate of drug-likeness (QED) is 0.872. The predicted molar refractivity (Wildman–Crippen MR) is 91.5 cm³/mol. The van der Waals surface area contributed by atoms with Gasteiger partial charge in [-0.2, -0.15) is 5.10 Å². The Hall–Kier alpha value is -1.99. The summed E-state index contributed by atoms with van der Waals surface area (Å²) in [7, 11) is 0. The van der Waals surface area contributed by atoms with Gasteiger partial charge in [0.1, 0.15) is 0 Å². The van der Waals surface area contributed by atoms with Gasteiger partial charge >= 0.3 is 0 Å². The summed E-state index contributed by atoms with van der Waals surface area (Å²) in [5.41, 5.74) is 2.67. The number of nitrogens with zero attached hydrogens (tertiary/aromatic N) is 2. The van der Waals surface area contributed by atoms with Crippen molar-refractivity contribution in [3.05, 3.63) is 46.8 Å². The Morgan fingerprint density at radius 3 is 2.84 bits per heavy atom. The standard InChI is InChI=1S/C17H18F2N4O.ClH/c18-13-5-4-11(8-14(13)19)23-15-3-1-2-12(15)16(22-23)17(24)21-10-6-7-20-9-10;/h4-5,8,10,20H,1-3,6-7,9H2,(H,21,24);1H. The lowest BCUT2D eigenvalue weighted by Crippen LogP contribution is -2.36. The first-order chi connectivity index (χ1) is 11.6. The highest BCUT2D eigenvalue weighted by atomic mass is 35.5. The van der Waals surface area contributed by atoms with Crippen LogP contribution in [0.3, 0.4) is 0 Å². The van der Waals surface area contributed by atoms with Gasteiger partial charge in [-0.1, -0.05) is 0 Å². The van der Waals surface area contributed by atoms with Crippen LogP contribution < -0.4 is 10.6 Å². The molecule has 1 unspecified atom stereocenters. The molecule has 8 heteroatoms. The average Bonchev–Trinajstić information content (AvgIpc) is 3.26. The molecule has 0 bridgehead atoms. The Bertz CT molecular complexity index is 802. The molecule has 1 fully saturated rings. The van der Waals surface area contributed by atoms with Gasteiger partial charge in [0.15, 0.2) is 17.3 Å². The summed E-state index contributed by atoms with van der Waals surface area (Å²) in [5, 5.41) is 10.6. The van der Waals surface area contributed by atoms with E-state index in [0.717, 1.165) is 62.2 Å². The van der Waals surface area contributed by atoms with Crippen LogP contribution in [0, 0.1) is 11.6 Å². The largest absolute Gasteiger partial charge is 0.347 e. The summed E-state index contributed by atoms with van der Waals surface area (Å²) >= 11 is 0. The minimum Gasteiger partial charge on any atom is -0.347 e. The fraction of sp³-hybridized carbons (Fsp3) is 0.412. The number of aromatic nitrogens is 2. The van der Waals surface area contributed by atoms with E-state index in [4.69, 9.17) is 0 Å². The van der Waals surface area contributed by atoms with Crippen LogP contribution in [0.2, 0.25) is 0 Å². The molecule has 1 aliphatic carbocycles. The zero-order chi connectivity index (χ0) is 16.7. The van der Waals surface area contributed by atoms with Crippen molar-refractivity contribution >= 4 is 18.3 Å². The van der Waals surface area contributed by atoms with E-state index < -0.39 is 11.6 Å². The van der Waals surface area contributed by atoms with Crippen molar-refractivity contribution in [3.63, 3.8) is 0 Å². The molecular formula is C17H19ClF2N4O. The molecule has 1 atom stereocenters. The first-order valence-corrected chi connectivity index (χ1v) is 8.21. The summed E-state index contributed by atoms with van der Waals surface area (Å²) in [4.78, 5) is 12.6. The number of halogens is 3. The lowest BCUT2D eigenvalue weighted by atomic mass is 10.1. The molecule has 25 heavy (non-hydrogen) atoms. The van der Waals surface area contributed by atoms with Gasteiger partial charge in [0, 0.05) is 29.9 Å². The van der Waals surface area contributed by atoms with Crippen molar-refractivity contribution in [2.75, 3.05) is 13.1 Å². The number of benzene rings is 1. The van der Waals surface area contributed by atoms with Crippen LogP contribution >= 0.6 is 12.4 Å². The van der Waals surface area contributed by atoms with Gasteiger partial charge in [0.25, 0.3) is 5.91 Å². The van der Waals surface area contributed by atoms with Gasteiger partial charge in [-0.3, -0.25) is 4.79 Å². The number of nitrogens with one attached hydrogen (secondary N) is 2. The summed E-state index contributed by atoms with van der Waals surface area (Å²) in [6, 6.07) is 3.79. The SMILES string of the molecule is Cl.O=C(NC1CCNC1)c1nn(-c2ccc(F)c(F)c2)c2c1CCC2. The van der Waals surface area contributed by atoms with E-state index in [9.17, 15) is 13.6 Å². The minimum absolute atomic E-state index is 0. The topological polar surface area (TPSA) is 59.0 Å². The van der Waals surface area contributed by atoms with Gasteiger partial charge in [-0.05, 0) is 44.4 Å². The highest BCUT2D eigenvalue weighted by Gasteiger charge is 2.28. The third kappa shape index (κ3) is 3.26. The van der Waals surface area contributed by atoms with Gasteiger partial charge in [0.05, 0.1) is 5.69 Å². The first kappa shape index (κ1) is 17.8. The molecule has 1 aliphatic heterocycles. The van der Waals surface area contributed by atoms with Crippen molar-refractivity contribution in [2.45, 2.75) is 31.7 Å². The number of amides is 1. The fourth-order valence-electron chi connectivity index (χ4n) is 3.48. The molecule has 4 rings (SSSR count). The van der Waals surface area contributed by atoms with E-state index in [1.54, 1.807) is 4.68 Å². The van der Waals surface area contributed by atoms with Crippen LogP contribution in [0.4, 0.5) is 8.78 Å². The third-order valence-electron chi connectivity index (χ3n) is 4.69. The molecule has 1 saturated heterocycles. The van der Waals surface area contributed by atoms with Gasteiger partial charge in [-0.25, -0.2) is 13.5 Å². The van der Waals surface area contributed by atoms with Crippen LogP contribution in [0.1, 0.15) is 34.6 Å². The van der Waals surface area contributed by atoms with E-state index in [-0.39, 0.29) is 24.4 Å². The van der Waals surface area contributed by atoms with Gasteiger partial charge in [-0.15, -0.1) is 12.4 Å².